The molecule has 7 rings (SSSR count). The van der Waals surface area contributed by atoms with E-state index in [-0.39, 0.29) is 0 Å². The predicted octanol–water partition coefficient (Wildman–Crippen LogP) is 14.7. The summed E-state index contributed by atoms with van der Waals surface area (Å²) >= 11 is 0. The number of hydrogen-bond donors (Lipinski definition) is 2. The van der Waals surface area contributed by atoms with Crippen molar-refractivity contribution in [2.45, 2.75) is 61.3 Å². The molecule has 0 saturated heterocycles. The Morgan fingerprint density at radius 3 is 1.87 bits per heavy atom. The average molecular weight is 727 g/mol. The van der Waals surface area contributed by atoms with E-state index in [1.807, 2.05) is 104 Å². The third kappa shape index (κ3) is 12.0. The Labute approximate surface area is 333 Å². The molecule has 0 aromatic heterocycles. The summed E-state index contributed by atoms with van der Waals surface area (Å²) in [6.07, 6.45) is 22.4. The van der Waals surface area contributed by atoms with E-state index in [4.69, 9.17) is 5.73 Å². The van der Waals surface area contributed by atoms with E-state index in [1.54, 1.807) is 6.08 Å². The van der Waals surface area contributed by atoms with E-state index in [2.05, 4.69) is 128 Å². The van der Waals surface area contributed by atoms with E-state index in [0.29, 0.717) is 0 Å². The van der Waals surface area contributed by atoms with Gasteiger partial charge in [0.1, 0.15) is 0 Å². The van der Waals surface area contributed by atoms with Gasteiger partial charge in [-0.15, -0.1) is 0 Å². The van der Waals surface area contributed by atoms with E-state index in [1.165, 1.54) is 62.2 Å². The van der Waals surface area contributed by atoms with E-state index in [9.17, 15) is 0 Å². The van der Waals surface area contributed by atoms with Crippen molar-refractivity contribution in [2.75, 3.05) is 12.8 Å². The van der Waals surface area contributed by atoms with Gasteiger partial charge in [-0.1, -0.05) is 189 Å². The third-order valence-corrected chi connectivity index (χ3v) is 8.87. The Hall–Kier alpha value is -6.04. The molecule has 1 atom stereocenters. The monoisotopic (exact) mass is 726 g/mol. The van der Waals surface area contributed by atoms with E-state index >= 15 is 0 Å². The highest BCUT2D eigenvalue weighted by molar-refractivity contribution is 6.19. The van der Waals surface area contributed by atoms with Crippen LogP contribution in [0, 0.1) is 18.1 Å². The molecule has 3 N–H and O–H groups in total. The minimum Gasteiger partial charge on any atom is -0.399 e. The first-order valence-electron chi connectivity index (χ1n) is 19.7. The van der Waals surface area contributed by atoms with Crippen LogP contribution in [0.25, 0.3) is 43.8 Å². The van der Waals surface area contributed by atoms with Crippen molar-refractivity contribution in [3.63, 3.8) is 0 Å². The highest BCUT2D eigenvalue weighted by Crippen LogP contribution is 2.42. The Balaban J connectivity index is 0.000000310. The van der Waals surface area contributed by atoms with Gasteiger partial charge in [0.2, 0.25) is 0 Å². The number of rotatable bonds is 7. The van der Waals surface area contributed by atoms with E-state index in [0.717, 1.165) is 28.4 Å². The lowest BCUT2D eigenvalue weighted by Crippen LogP contribution is -2.00. The van der Waals surface area contributed by atoms with Crippen LogP contribution in [-0.4, -0.2) is 7.05 Å². The summed E-state index contributed by atoms with van der Waals surface area (Å²) in [5.74, 6) is 0.726. The first-order chi connectivity index (χ1) is 27.0. The zero-order valence-corrected chi connectivity index (χ0v) is 34.5. The van der Waals surface area contributed by atoms with Crippen LogP contribution in [0.4, 0.5) is 5.69 Å². The van der Waals surface area contributed by atoms with Crippen molar-refractivity contribution in [1.29, 1.82) is 0 Å². The molecule has 5 aromatic carbocycles. The predicted molar refractivity (Wildman–Crippen MR) is 249 cm³/mol. The molecule has 2 nitrogen and oxygen atoms in total. The van der Waals surface area contributed by atoms with Crippen molar-refractivity contribution in [3.05, 3.63) is 200 Å². The van der Waals surface area contributed by atoms with Crippen LogP contribution in [-0.2, 0) is 6.42 Å². The van der Waals surface area contributed by atoms with Gasteiger partial charge in [-0.25, -0.2) is 0 Å². The molecule has 0 fully saturated rings. The number of hydrogen-bond acceptors (Lipinski definition) is 2. The number of nitrogens with one attached hydrogen (secondary N) is 1. The zero-order valence-electron chi connectivity index (χ0n) is 34.5. The van der Waals surface area contributed by atoms with Crippen LogP contribution in [0.1, 0.15) is 71.6 Å². The molecule has 0 heterocycles. The zero-order chi connectivity index (χ0) is 40.6. The summed E-state index contributed by atoms with van der Waals surface area (Å²) in [5.41, 5.74) is 16.8. The summed E-state index contributed by atoms with van der Waals surface area (Å²) in [6, 6.07) is 35.4. The second-order valence-electron chi connectivity index (χ2n) is 11.9. The highest BCUT2D eigenvalue weighted by atomic mass is 14.8. The maximum atomic E-state index is 5.92. The standard InChI is InChI=1S/C26H21N.C13H10.C8H13N.3C2H6/c1-3-9-18(4-2)25-21-10-5-7-12-23(21)26(19-14-16-20(27)17-15-19)24-13-8-6-11-22(24)25;1-3-7-12-10(5-1)9-11-6-2-4-8-13(11)12;1-4-5-6-7-8(2)9-3;3*1-2/h3-17H,1-2,27H2;1,3,6-8,10H,5,9H2;4-7,9H,1H2,2-3H3;3*1-2H3/b18-9+;;6-5-,8-7+;;;. The lowest BCUT2D eigenvalue weighted by molar-refractivity contribution is 0.702. The lowest BCUT2D eigenvalue weighted by atomic mass is 9.85. The van der Waals surface area contributed by atoms with Crippen molar-refractivity contribution in [2.24, 2.45) is 5.92 Å². The molecule has 0 aliphatic heterocycles. The second-order valence-corrected chi connectivity index (χ2v) is 11.9. The Morgan fingerprint density at radius 2 is 1.33 bits per heavy atom. The van der Waals surface area contributed by atoms with Crippen LogP contribution in [0.15, 0.2) is 171 Å². The first kappa shape index (κ1) is 45.1. The Bertz CT molecular complexity index is 2060. The second kappa shape index (κ2) is 25.1. The van der Waals surface area contributed by atoms with Gasteiger partial charge in [0, 0.05) is 18.4 Å². The lowest BCUT2D eigenvalue weighted by Gasteiger charge is -2.18. The van der Waals surface area contributed by atoms with Gasteiger partial charge in [0.15, 0.2) is 0 Å². The summed E-state index contributed by atoms with van der Waals surface area (Å²) < 4.78 is 0. The summed E-state index contributed by atoms with van der Waals surface area (Å²) in [5, 5.41) is 7.84. The van der Waals surface area contributed by atoms with Crippen LogP contribution < -0.4 is 11.1 Å². The molecule has 2 heteroatoms. The number of allylic oxidation sites excluding steroid dienone is 13. The number of nitrogen functional groups attached to an aromatic ring is 1. The molecule has 5 aromatic rings. The molecule has 0 radical (unpaired) electrons. The van der Waals surface area contributed by atoms with Crippen LogP contribution >= 0.6 is 0 Å². The fourth-order valence-corrected chi connectivity index (χ4v) is 6.44. The molecule has 55 heavy (non-hydrogen) atoms. The average Bonchev–Trinajstić information content (AvgIpc) is 3.64. The summed E-state index contributed by atoms with van der Waals surface area (Å²) in [7, 11) is 1.90. The third-order valence-electron chi connectivity index (χ3n) is 8.87. The van der Waals surface area contributed by atoms with Gasteiger partial charge in [-0.3, -0.25) is 0 Å². The maximum Gasteiger partial charge on any atom is 0.0314 e. The molecule has 1 unspecified atom stereocenters. The molecule has 0 saturated carbocycles. The van der Waals surface area contributed by atoms with E-state index < -0.39 is 0 Å². The minimum absolute atomic E-state index is 0.726. The van der Waals surface area contributed by atoms with Crippen molar-refractivity contribution in [3.8, 4) is 11.1 Å². The van der Waals surface area contributed by atoms with Gasteiger partial charge in [-0.05, 0) is 117 Å². The topological polar surface area (TPSA) is 38.0 Å². The Kier molecular flexibility index (Phi) is 20.6. The van der Waals surface area contributed by atoms with Gasteiger partial charge >= 0.3 is 0 Å². The normalized spacial score (nSPS) is 13.5. The van der Waals surface area contributed by atoms with Crippen molar-refractivity contribution < 1.29 is 0 Å². The molecule has 2 aliphatic carbocycles. The van der Waals surface area contributed by atoms with Crippen LogP contribution in [0.3, 0.4) is 0 Å². The molecular formula is C53H62N2. The van der Waals surface area contributed by atoms with Gasteiger partial charge < -0.3 is 11.1 Å². The Morgan fingerprint density at radius 1 is 0.745 bits per heavy atom. The van der Waals surface area contributed by atoms with Crippen LogP contribution in [0.5, 0.6) is 0 Å². The molecule has 0 spiro atoms. The number of anilines is 1. The molecular weight excluding hydrogens is 665 g/mol. The summed E-state index contributed by atoms with van der Waals surface area (Å²) in [6.45, 7) is 25.5. The highest BCUT2D eigenvalue weighted by Gasteiger charge is 2.26. The van der Waals surface area contributed by atoms with Gasteiger partial charge in [0.25, 0.3) is 0 Å². The van der Waals surface area contributed by atoms with Gasteiger partial charge in [0.05, 0.1) is 0 Å². The minimum atomic E-state index is 0.726. The fourth-order valence-electron chi connectivity index (χ4n) is 6.44. The SMILES string of the molecule is C=C/C=C(\C=C)c1c2ccccc2c(-c2ccc(N)cc2)c2ccccc12.C=C/C=C\C=C(/C)NC.CC.CC.CC.c1cc2c(cc#1)C1=CC=CCC1C2. The fraction of sp³-hybridized carbons (Fsp3) is 0.208. The molecule has 2 aliphatic rings. The number of nitrogens with two attached hydrogens (primary N) is 1. The molecule has 0 bridgehead atoms. The maximum absolute atomic E-state index is 5.92. The summed E-state index contributed by atoms with van der Waals surface area (Å²) in [4.78, 5) is 0. The van der Waals surface area contributed by atoms with Crippen molar-refractivity contribution >= 4 is 38.4 Å². The van der Waals surface area contributed by atoms with Gasteiger partial charge in [-0.2, -0.15) is 0 Å². The van der Waals surface area contributed by atoms with Crippen molar-refractivity contribution in [1.82, 2.24) is 5.32 Å². The smallest absolute Gasteiger partial charge is 0.0314 e. The van der Waals surface area contributed by atoms with Crippen LogP contribution in [0.2, 0.25) is 0 Å². The first-order valence-corrected chi connectivity index (χ1v) is 19.7. The molecule has 284 valence electrons. The quantitative estimate of drug-likeness (QED) is 0.0995. The largest absolute Gasteiger partial charge is 0.399 e. The number of fused-ring (bicyclic) bond motifs is 5. The number of benzene rings is 4. The molecule has 0 amide bonds.